The highest BCUT2D eigenvalue weighted by atomic mass is 16.1. The van der Waals surface area contributed by atoms with Gasteiger partial charge < -0.3 is 4.90 Å². The Hall–Kier alpha value is -2.79. The molecule has 2 aromatic rings. The molecule has 4 rings (SSSR count). The third-order valence-electron chi connectivity index (χ3n) is 5.15. The normalized spacial score (nSPS) is 17.1. The van der Waals surface area contributed by atoms with Crippen LogP contribution >= 0.6 is 0 Å². The molecule has 0 amide bonds. The molecule has 0 radical (unpaired) electrons. The molecule has 0 N–H and O–H groups in total. The zero-order chi connectivity index (χ0) is 17.9. The second kappa shape index (κ2) is 7.22. The SMILES string of the molecule is N#Cc1ccnnc1N1CCN(CCn2nc3c(cc2=O)CCC3)CC1. The van der Waals surface area contributed by atoms with Crippen molar-refractivity contribution in [3.8, 4) is 6.07 Å². The summed E-state index contributed by atoms with van der Waals surface area (Å²) in [5.74, 6) is 0.658. The van der Waals surface area contributed by atoms with Gasteiger partial charge in [-0.05, 0) is 30.9 Å². The van der Waals surface area contributed by atoms with E-state index in [2.05, 4.69) is 31.2 Å². The van der Waals surface area contributed by atoms with Crippen molar-refractivity contribution in [2.24, 2.45) is 0 Å². The summed E-state index contributed by atoms with van der Waals surface area (Å²) >= 11 is 0. The molecule has 0 atom stereocenters. The van der Waals surface area contributed by atoms with Crippen molar-refractivity contribution >= 4 is 5.82 Å². The molecule has 1 aliphatic carbocycles. The van der Waals surface area contributed by atoms with Gasteiger partial charge in [-0.15, -0.1) is 5.10 Å². The minimum Gasteiger partial charge on any atom is -0.351 e. The van der Waals surface area contributed by atoms with E-state index in [1.165, 1.54) is 0 Å². The molecule has 1 aliphatic heterocycles. The van der Waals surface area contributed by atoms with Crippen LogP contribution < -0.4 is 10.5 Å². The summed E-state index contributed by atoms with van der Waals surface area (Å²) in [6.07, 6.45) is 4.60. The van der Waals surface area contributed by atoms with Crippen molar-refractivity contribution in [2.45, 2.75) is 25.8 Å². The number of nitriles is 1. The standard InChI is InChI=1S/C18H21N7O/c19-13-15-4-5-20-21-18(15)24-9-6-23(7-10-24)8-11-25-17(26)12-14-2-1-3-16(14)22-25/h4-5,12H,1-3,6-11H2. The molecule has 0 saturated carbocycles. The number of fused-ring (bicyclic) bond motifs is 1. The molecule has 0 bridgehead atoms. The lowest BCUT2D eigenvalue weighted by Gasteiger charge is -2.35. The van der Waals surface area contributed by atoms with Crippen LogP contribution in [-0.4, -0.2) is 57.6 Å². The lowest BCUT2D eigenvalue weighted by Crippen LogP contribution is -2.48. The third-order valence-corrected chi connectivity index (χ3v) is 5.15. The number of anilines is 1. The molecule has 2 aromatic heterocycles. The zero-order valence-electron chi connectivity index (χ0n) is 14.6. The number of aromatic nitrogens is 4. The molecular weight excluding hydrogens is 330 g/mol. The third kappa shape index (κ3) is 3.30. The second-order valence-corrected chi connectivity index (χ2v) is 6.74. The molecule has 0 aromatic carbocycles. The summed E-state index contributed by atoms with van der Waals surface area (Å²) < 4.78 is 1.60. The topological polar surface area (TPSA) is 90.9 Å². The number of piperazine rings is 1. The average Bonchev–Trinajstić information content (AvgIpc) is 3.13. The number of rotatable bonds is 4. The van der Waals surface area contributed by atoms with E-state index in [0.717, 1.165) is 63.2 Å². The Labute approximate surface area is 151 Å². The predicted molar refractivity (Wildman–Crippen MR) is 95.9 cm³/mol. The summed E-state index contributed by atoms with van der Waals surface area (Å²) in [6, 6.07) is 5.62. The highest BCUT2D eigenvalue weighted by molar-refractivity contribution is 5.52. The highest BCUT2D eigenvalue weighted by Gasteiger charge is 2.21. The maximum atomic E-state index is 12.2. The van der Waals surface area contributed by atoms with Crippen molar-refractivity contribution in [3.63, 3.8) is 0 Å². The van der Waals surface area contributed by atoms with Crippen LogP contribution in [0.4, 0.5) is 5.82 Å². The molecule has 1 fully saturated rings. The van der Waals surface area contributed by atoms with Crippen molar-refractivity contribution < 1.29 is 0 Å². The van der Waals surface area contributed by atoms with Gasteiger partial charge in [-0.1, -0.05) is 0 Å². The Kier molecular flexibility index (Phi) is 4.63. The monoisotopic (exact) mass is 351 g/mol. The van der Waals surface area contributed by atoms with Crippen molar-refractivity contribution in [2.75, 3.05) is 37.6 Å². The maximum Gasteiger partial charge on any atom is 0.267 e. The Bertz CT molecular complexity index is 893. The lowest BCUT2D eigenvalue weighted by atomic mass is 10.2. The Morgan fingerprint density at radius 3 is 2.81 bits per heavy atom. The van der Waals surface area contributed by atoms with Crippen LogP contribution in [-0.2, 0) is 19.4 Å². The van der Waals surface area contributed by atoms with Crippen molar-refractivity contribution in [1.82, 2.24) is 24.9 Å². The summed E-state index contributed by atoms with van der Waals surface area (Å²) in [6.45, 7) is 4.72. The maximum absolute atomic E-state index is 12.2. The summed E-state index contributed by atoms with van der Waals surface area (Å²) in [4.78, 5) is 16.6. The number of nitrogens with zero attached hydrogens (tertiary/aromatic N) is 7. The molecule has 26 heavy (non-hydrogen) atoms. The van der Waals surface area contributed by atoms with Crippen molar-refractivity contribution in [3.05, 3.63) is 45.5 Å². The minimum absolute atomic E-state index is 0.00232. The molecule has 1 saturated heterocycles. The minimum atomic E-state index is 0.00232. The molecule has 2 aliphatic rings. The summed E-state index contributed by atoms with van der Waals surface area (Å²) in [5, 5.41) is 21.8. The summed E-state index contributed by atoms with van der Waals surface area (Å²) in [5.41, 5.74) is 2.77. The molecule has 0 spiro atoms. The smallest absolute Gasteiger partial charge is 0.267 e. The van der Waals surface area contributed by atoms with Gasteiger partial charge in [0.15, 0.2) is 5.82 Å². The quantitative estimate of drug-likeness (QED) is 0.778. The largest absolute Gasteiger partial charge is 0.351 e. The van der Waals surface area contributed by atoms with Gasteiger partial charge in [0, 0.05) is 38.8 Å². The van der Waals surface area contributed by atoms with Gasteiger partial charge in [0.2, 0.25) is 0 Å². The fourth-order valence-corrected chi connectivity index (χ4v) is 3.66. The average molecular weight is 351 g/mol. The number of hydrogen-bond donors (Lipinski definition) is 0. The first-order valence-corrected chi connectivity index (χ1v) is 9.03. The van der Waals surface area contributed by atoms with Gasteiger partial charge in [-0.3, -0.25) is 9.69 Å². The van der Waals surface area contributed by atoms with E-state index in [1.54, 1.807) is 23.0 Å². The Morgan fingerprint density at radius 1 is 1.15 bits per heavy atom. The summed E-state index contributed by atoms with van der Waals surface area (Å²) in [7, 11) is 0. The number of hydrogen-bond acceptors (Lipinski definition) is 7. The van der Waals surface area contributed by atoms with Gasteiger partial charge in [-0.25, -0.2) is 4.68 Å². The van der Waals surface area contributed by atoms with Crippen molar-refractivity contribution in [1.29, 1.82) is 5.26 Å². The van der Waals surface area contributed by atoms with E-state index in [4.69, 9.17) is 0 Å². The molecule has 0 unspecified atom stereocenters. The van der Waals surface area contributed by atoms with Crippen LogP contribution in [0.15, 0.2) is 23.1 Å². The predicted octanol–water partition coefficient (Wildman–Crippen LogP) is 0.216. The highest BCUT2D eigenvalue weighted by Crippen LogP contribution is 2.18. The van der Waals surface area contributed by atoms with Crippen LogP contribution in [0.5, 0.6) is 0 Å². The Balaban J connectivity index is 1.35. The van der Waals surface area contributed by atoms with E-state index in [-0.39, 0.29) is 5.56 Å². The van der Waals surface area contributed by atoms with Gasteiger partial charge in [0.25, 0.3) is 5.56 Å². The molecule has 8 nitrogen and oxygen atoms in total. The molecular formula is C18H21N7O. The molecule has 8 heteroatoms. The number of aryl methyl sites for hydroxylation is 2. The van der Waals surface area contributed by atoms with Crippen LogP contribution in [0.3, 0.4) is 0 Å². The van der Waals surface area contributed by atoms with Gasteiger partial charge >= 0.3 is 0 Å². The van der Waals surface area contributed by atoms with Crippen LogP contribution in [0.25, 0.3) is 0 Å². The van der Waals surface area contributed by atoms with E-state index in [0.29, 0.717) is 17.9 Å². The van der Waals surface area contributed by atoms with Gasteiger partial charge in [-0.2, -0.15) is 15.5 Å². The van der Waals surface area contributed by atoms with Crippen LogP contribution in [0, 0.1) is 11.3 Å². The van der Waals surface area contributed by atoms with Gasteiger partial charge in [0.05, 0.1) is 24.0 Å². The second-order valence-electron chi connectivity index (χ2n) is 6.74. The first-order chi connectivity index (χ1) is 12.7. The molecule has 134 valence electrons. The zero-order valence-corrected chi connectivity index (χ0v) is 14.6. The molecule has 3 heterocycles. The van der Waals surface area contributed by atoms with E-state index >= 15 is 0 Å². The van der Waals surface area contributed by atoms with E-state index in [1.807, 2.05) is 0 Å². The van der Waals surface area contributed by atoms with Crippen LogP contribution in [0.2, 0.25) is 0 Å². The first-order valence-electron chi connectivity index (χ1n) is 9.03. The first kappa shape index (κ1) is 16.7. The van der Waals surface area contributed by atoms with E-state index in [9.17, 15) is 10.1 Å². The fraction of sp³-hybridized carbons (Fsp3) is 0.500. The Morgan fingerprint density at radius 2 is 2.00 bits per heavy atom. The fourth-order valence-electron chi connectivity index (χ4n) is 3.66. The van der Waals surface area contributed by atoms with Crippen LogP contribution in [0.1, 0.15) is 23.2 Å². The van der Waals surface area contributed by atoms with Gasteiger partial charge in [0.1, 0.15) is 6.07 Å². The lowest BCUT2D eigenvalue weighted by molar-refractivity contribution is 0.242. The van der Waals surface area contributed by atoms with E-state index < -0.39 is 0 Å².